The van der Waals surface area contributed by atoms with Crippen molar-refractivity contribution in [1.82, 2.24) is 9.97 Å². The number of benzene rings is 1. The van der Waals surface area contributed by atoms with Gasteiger partial charge in [0.25, 0.3) is 0 Å². The lowest BCUT2D eigenvalue weighted by atomic mass is 10.2. The molecule has 0 aliphatic rings. The summed E-state index contributed by atoms with van der Waals surface area (Å²) in [6.07, 6.45) is 0. The van der Waals surface area contributed by atoms with Crippen molar-refractivity contribution in [2.24, 2.45) is 0 Å². The Morgan fingerprint density at radius 2 is 2.06 bits per heavy atom. The Morgan fingerprint density at radius 1 is 1.33 bits per heavy atom. The number of methoxy groups -OCH3 is 1. The molecular formula is C12H11BrIN3O. The van der Waals surface area contributed by atoms with Crippen LogP contribution in [0.2, 0.25) is 0 Å². The Hall–Kier alpha value is -0.890. The molecule has 0 amide bonds. The number of nitrogens with two attached hydrogens (primary N) is 1. The monoisotopic (exact) mass is 419 g/mol. The molecule has 0 fully saturated rings. The van der Waals surface area contributed by atoms with E-state index in [1.165, 1.54) is 0 Å². The first-order valence-corrected chi connectivity index (χ1v) is 7.03. The Kier molecular flexibility index (Phi) is 4.06. The first kappa shape index (κ1) is 13.5. The van der Waals surface area contributed by atoms with Gasteiger partial charge in [-0.3, -0.25) is 0 Å². The molecule has 0 aliphatic heterocycles. The van der Waals surface area contributed by atoms with Crippen molar-refractivity contribution in [3.63, 3.8) is 0 Å². The smallest absolute Gasteiger partial charge is 0.165 e. The van der Waals surface area contributed by atoms with Crippen LogP contribution in [0.3, 0.4) is 0 Å². The molecule has 2 N–H and O–H groups in total. The molecule has 0 radical (unpaired) electrons. The van der Waals surface area contributed by atoms with E-state index < -0.39 is 0 Å². The minimum absolute atomic E-state index is 0.486. The van der Waals surface area contributed by atoms with Gasteiger partial charge in [0.05, 0.1) is 21.9 Å². The van der Waals surface area contributed by atoms with Crippen molar-refractivity contribution in [1.29, 1.82) is 0 Å². The van der Waals surface area contributed by atoms with E-state index in [2.05, 4.69) is 48.5 Å². The maximum Gasteiger partial charge on any atom is 0.165 e. The van der Waals surface area contributed by atoms with Crippen molar-refractivity contribution in [3.05, 3.63) is 31.9 Å². The number of nitrogens with zero attached hydrogens (tertiary/aromatic N) is 2. The zero-order valence-corrected chi connectivity index (χ0v) is 13.6. The number of hydrogen-bond donors (Lipinski definition) is 1. The van der Waals surface area contributed by atoms with Gasteiger partial charge >= 0.3 is 0 Å². The van der Waals surface area contributed by atoms with Crippen LogP contribution in [0.15, 0.2) is 22.7 Å². The van der Waals surface area contributed by atoms with Crippen LogP contribution in [-0.4, -0.2) is 17.1 Å². The van der Waals surface area contributed by atoms with Crippen LogP contribution in [0.25, 0.3) is 11.4 Å². The van der Waals surface area contributed by atoms with E-state index in [9.17, 15) is 0 Å². The van der Waals surface area contributed by atoms with Crippen LogP contribution in [0.1, 0.15) is 5.69 Å². The van der Waals surface area contributed by atoms with E-state index in [4.69, 9.17) is 10.5 Å². The van der Waals surface area contributed by atoms with Gasteiger partial charge in [-0.15, -0.1) is 0 Å². The summed E-state index contributed by atoms with van der Waals surface area (Å²) in [6.45, 7) is 1.91. The summed E-state index contributed by atoms with van der Waals surface area (Å²) < 4.78 is 7.14. The third-order valence-corrected chi connectivity index (χ3v) is 4.27. The Balaban J connectivity index is 2.65. The summed E-state index contributed by atoms with van der Waals surface area (Å²) in [5.74, 6) is 1.78. The second-order valence-corrected chi connectivity index (χ2v) is 5.67. The van der Waals surface area contributed by atoms with Gasteiger partial charge in [-0.25, -0.2) is 9.97 Å². The summed E-state index contributed by atoms with van der Waals surface area (Å²) in [5, 5.41) is 0. The fraction of sp³-hybridized carbons (Fsp3) is 0.167. The van der Waals surface area contributed by atoms with Crippen LogP contribution in [0.4, 0.5) is 5.82 Å². The van der Waals surface area contributed by atoms with E-state index in [-0.39, 0.29) is 0 Å². The van der Waals surface area contributed by atoms with Gasteiger partial charge < -0.3 is 10.5 Å². The maximum absolute atomic E-state index is 5.88. The zero-order valence-electron chi connectivity index (χ0n) is 9.87. The Morgan fingerprint density at radius 3 is 2.67 bits per heavy atom. The molecule has 1 aromatic heterocycles. The summed E-state index contributed by atoms with van der Waals surface area (Å²) in [5.41, 5.74) is 7.56. The van der Waals surface area contributed by atoms with Gasteiger partial charge in [0.2, 0.25) is 0 Å². The number of aromatic nitrogens is 2. The lowest BCUT2D eigenvalue weighted by Gasteiger charge is -2.10. The number of aryl methyl sites for hydroxylation is 1. The average Bonchev–Trinajstić information content (AvgIpc) is 2.35. The SMILES string of the molecule is COc1ccc(Br)cc1-c1nc(C)c(I)c(N)n1. The summed E-state index contributed by atoms with van der Waals surface area (Å²) in [7, 11) is 1.62. The highest BCUT2D eigenvalue weighted by Gasteiger charge is 2.13. The molecule has 1 heterocycles. The van der Waals surface area contributed by atoms with Crippen LogP contribution in [-0.2, 0) is 0 Å². The number of rotatable bonds is 2. The second-order valence-electron chi connectivity index (χ2n) is 3.68. The number of nitrogen functional groups attached to an aromatic ring is 1. The van der Waals surface area contributed by atoms with Gasteiger partial charge in [-0.05, 0) is 47.7 Å². The summed E-state index contributed by atoms with van der Waals surface area (Å²) in [4.78, 5) is 8.77. The van der Waals surface area contributed by atoms with Crippen LogP contribution < -0.4 is 10.5 Å². The van der Waals surface area contributed by atoms with Gasteiger partial charge in [-0.1, -0.05) is 15.9 Å². The standard InChI is InChI=1S/C12H11BrIN3O/c1-6-10(14)11(15)17-12(16-6)8-5-7(13)3-4-9(8)18-2/h3-5H,1-2H3,(H2,15,16,17). The second kappa shape index (κ2) is 5.40. The molecule has 2 rings (SSSR count). The Bertz CT molecular complexity index is 581. The molecule has 6 heteroatoms. The van der Waals surface area contributed by atoms with Crippen molar-refractivity contribution in [2.75, 3.05) is 12.8 Å². The minimum atomic E-state index is 0.486. The number of halogens is 2. The number of anilines is 1. The van der Waals surface area contributed by atoms with Crippen molar-refractivity contribution in [3.8, 4) is 17.1 Å². The van der Waals surface area contributed by atoms with E-state index in [1.54, 1.807) is 7.11 Å². The van der Waals surface area contributed by atoms with Gasteiger partial charge in [0.1, 0.15) is 11.6 Å². The van der Waals surface area contributed by atoms with E-state index >= 15 is 0 Å². The first-order valence-electron chi connectivity index (χ1n) is 5.16. The minimum Gasteiger partial charge on any atom is -0.496 e. The fourth-order valence-corrected chi connectivity index (χ4v) is 2.16. The predicted octanol–water partition coefficient (Wildman–Crippen LogP) is 3.41. The molecule has 18 heavy (non-hydrogen) atoms. The summed E-state index contributed by atoms with van der Waals surface area (Å²) >= 11 is 5.57. The third-order valence-electron chi connectivity index (χ3n) is 2.44. The quantitative estimate of drug-likeness (QED) is 0.757. The van der Waals surface area contributed by atoms with Crippen molar-refractivity contribution in [2.45, 2.75) is 6.92 Å². The van der Waals surface area contributed by atoms with Crippen LogP contribution in [0, 0.1) is 10.5 Å². The normalized spacial score (nSPS) is 10.4. The van der Waals surface area contributed by atoms with Crippen LogP contribution in [0.5, 0.6) is 5.75 Å². The van der Waals surface area contributed by atoms with Gasteiger partial charge in [-0.2, -0.15) is 0 Å². The lowest BCUT2D eigenvalue weighted by molar-refractivity contribution is 0.416. The molecule has 0 spiro atoms. The third kappa shape index (κ3) is 2.59. The highest BCUT2D eigenvalue weighted by atomic mass is 127. The van der Waals surface area contributed by atoms with Crippen molar-refractivity contribution >= 4 is 44.3 Å². The number of ether oxygens (including phenoxy) is 1. The molecule has 4 nitrogen and oxygen atoms in total. The molecule has 0 bridgehead atoms. The van der Waals surface area contributed by atoms with Crippen molar-refractivity contribution < 1.29 is 4.74 Å². The van der Waals surface area contributed by atoms with Gasteiger partial charge in [0.15, 0.2) is 5.82 Å². The molecule has 1 aromatic carbocycles. The molecule has 0 saturated heterocycles. The van der Waals surface area contributed by atoms with E-state index in [0.717, 1.165) is 25.0 Å². The first-order chi connectivity index (χ1) is 8.52. The molecular weight excluding hydrogens is 409 g/mol. The zero-order chi connectivity index (χ0) is 13.3. The molecule has 94 valence electrons. The molecule has 0 aliphatic carbocycles. The van der Waals surface area contributed by atoms with E-state index in [0.29, 0.717) is 11.6 Å². The molecule has 0 atom stereocenters. The topological polar surface area (TPSA) is 61.0 Å². The van der Waals surface area contributed by atoms with Gasteiger partial charge in [0, 0.05) is 4.47 Å². The number of hydrogen-bond acceptors (Lipinski definition) is 4. The largest absolute Gasteiger partial charge is 0.496 e. The van der Waals surface area contributed by atoms with Crippen LogP contribution >= 0.6 is 38.5 Å². The molecule has 0 saturated carbocycles. The highest BCUT2D eigenvalue weighted by Crippen LogP contribution is 2.31. The van der Waals surface area contributed by atoms with E-state index in [1.807, 2.05) is 25.1 Å². The maximum atomic E-state index is 5.88. The summed E-state index contributed by atoms with van der Waals surface area (Å²) in [6, 6.07) is 5.69. The highest BCUT2D eigenvalue weighted by molar-refractivity contribution is 14.1. The predicted molar refractivity (Wildman–Crippen MR) is 83.6 cm³/mol. The Labute approximate surface area is 127 Å². The molecule has 0 unspecified atom stereocenters. The molecule has 2 aromatic rings. The fourth-order valence-electron chi connectivity index (χ4n) is 1.56. The average molecular weight is 420 g/mol. The lowest BCUT2D eigenvalue weighted by Crippen LogP contribution is -2.03.